The number of benzene rings is 1. The molecule has 1 aromatic heterocycles. The molecule has 28 heavy (non-hydrogen) atoms. The number of amides is 1. The van der Waals surface area contributed by atoms with E-state index >= 15 is 0 Å². The molecule has 3 heterocycles. The monoisotopic (exact) mass is 424 g/mol. The second-order valence-electron chi connectivity index (χ2n) is 6.43. The van der Waals surface area contributed by atoms with Gasteiger partial charge in [0.15, 0.2) is 12.1 Å². The molecule has 0 saturated carbocycles. The number of amidine groups is 1. The Kier molecular flexibility index (Phi) is 4.67. The number of pyridine rings is 1. The second-order valence-corrected chi connectivity index (χ2v) is 8.00. The first-order valence-electron chi connectivity index (χ1n) is 8.37. The van der Waals surface area contributed by atoms with Crippen molar-refractivity contribution in [3.63, 3.8) is 0 Å². The summed E-state index contributed by atoms with van der Waals surface area (Å²) in [5.41, 5.74) is 4.65. The molecule has 1 aromatic carbocycles. The lowest BCUT2D eigenvalue weighted by Gasteiger charge is -2.43. The van der Waals surface area contributed by atoms with Gasteiger partial charge in [-0.1, -0.05) is 11.6 Å². The summed E-state index contributed by atoms with van der Waals surface area (Å²) in [7, 11) is 0. The third-order valence-corrected chi connectivity index (χ3v) is 5.97. The number of fused-ring (bicyclic) bond motifs is 2. The van der Waals surface area contributed by atoms with E-state index in [9.17, 15) is 13.6 Å². The van der Waals surface area contributed by atoms with Crippen LogP contribution >= 0.6 is 23.4 Å². The predicted molar refractivity (Wildman–Crippen MR) is 103 cm³/mol. The lowest BCUT2D eigenvalue weighted by atomic mass is 9.80. The highest BCUT2D eigenvalue weighted by Crippen LogP contribution is 2.53. The number of nitrogens with zero attached hydrogens (tertiary/aromatic N) is 2. The first-order chi connectivity index (χ1) is 13.3. The van der Waals surface area contributed by atoms with E-state index in [1.54, 1.807) is 18.2 Å². The van der Waals surface area contributed by atoms with Crippen LogP contribution in [0.1, 0.15) is 22.5 Å². The molecular weight excluding hydrogens is 410 g/mol. The molecule has 2 aliphatic rings. The fourth-order valence-electron chi connectivity index (χ4n) is 3.29. The van der Waals surface area contributed by atoms with Crippen LogP contribution in [0.4, 0.5) is 14.5 Å². The Morgan fingerprint density at radius 3 is 2.89 bits per heavy atom. The summed E-state index contributed by atoms with van der Waals surface area (Å²) in [6.45, 7) is -0.836. The van der Waals surface area contributed by atoms with Gasteiger partial charge in [-0.05, 0) is 36.8 Å². The molecule has 4 rings (SSSR count). The molecule has 0 aliphatic carbocycles. The number of ether oxygens (including phenoxy) is 1. The van der Waals surface area contributed by atoms with Gasteiger partial charge in [0.25, 0.3) is 11.9 Å². The summed E-state index contributed by atoms with van der Waals surface area (Å²) in [4.78, 5) is 21.1. The standard InChI is InChI=1S/C18H15ClF2N4O2S/c19-10-1-3-13(23-8-10)15(26)24-11-2-4-14-12(7-11)17(5-6-28-14)18(20,21)9-27-16(22)25-17/h1-4,7-8H,5-6,9H2,(H2,22,25)(H,24,26). The molecule has 0 saturated heterocycles. The van der Waals surface area contributed by atoms with Crippen molar-refractivity contribution in [1.82, 2.24) is 4.98 Å². The SMILES string of the molecule is NC1=NC2(CCSc3ccc(NC(=O)c4ccc(Cl)cn4)cc32)C(F)(F)CO1. The molecule has 2 aromatic rings. The number of aromatic nitrogens is 1. The maximum absolute atomic E-state index is 14.9. The predicted octanol–water partition coefficient (Wildman–Crippen LogP) is 3.66. The fourth-order valence-corrected chi connectivity index (χ4v) is 4.56. The van der Waals surface area contributed by atoms with Crippen LogP contribution < -0.4 is 11.1 Å². The maximum Gasteiger partial charge on any atom is 0.310 e. The van der Waals surface area contributed by atoms with Crippen LogP contribution in [0.15, 0.2) is 46.4 Å². The molecule has 6 nitrogen and oxygen atoms in total. The van der Waals surface area contributed by atoms with Gasteiger partial charge in [-0.3, -0.25) is 4.79 Å². The number of carbonyl (C=O) groups excluding carboxylic acids is 1. The van der Waals surface area contributed by atoms with Crippen molar-refractivity contribution in [2.24, 2.45) is 10.7 Å². The zero-order chi connectivity index (χ0) is 19.9. The number of nitrogens with one attached hydrogen (secondary N) is 1. The van der Waals surface area contributed by atoms with Gasteiger partial charge in [0.2, 0.25) is 0 Å². The molecule has 1 unspecified atom stereocenters. The molecule has 3 N–H and O–H groups in total. The highest BCUT2D eigenvalue weighted by molar-refractivity contribution is 7.99. The number of carbonyl (C=O) groups is 1. The lowest BCUT2D eigenvalue weighted by molar-refractivity contribution is -0.124. The largest absolute Gasteiger partial charge is 0.459 e. The van der Waals surface area contributed by atoms with Gasteiger partial charge in [-0.2, -0.15) is 8.78 Å². The Hall–Kier alpha value is -2.39. The lowest BCUT2D eigenvalue weighted by Crippen LogP contribution is -2.54. The summed E-state index contributed by atoms with van der Waals surface area (Å²) in [5.74, 6) is -3.23. The van der Waals surface area contributed by atoms with Gasteiger partial charge in [0.05, 0.1) is 5.02 Å². The third-order valence-electron chi connectivity index (χ3n) is 4.67. The van der Waals surface area contributed by atoms with Crippen molar-refractivity contribution >= 4 is 41.0 Å². The van der Waals surface area contributed by atoms with Gasteiger partial charge < -0.3 is 15.8 Å². The van der Waals surface area contributed by atoms with Gasteiger partial charge in [-0.15, -0.1) is 11.8 Å². The summed E-state index contributed by atoms with van der Waals surface area (Å²) in [5, 5.41) is 3.08. The topological polar surface area (TPSA) is 89.6 Å². The third kappa shape index (κ3) is 3.18. The zero-order valence-corrected chi connectivity index (χ0v) is 16.0. The number of anilines is 1. The molecule has 2 aliphatic heterocycles. The highest BCUT2D eigenvalue weighted by atomic mass is 35.5. The molecule has 1 atom stereocenters. The first-order valence-corrected chi connectivity index (χ1v) is 9.73. The minimum absolute atomic E-state index is 0.109. The van der Waals surface area contributed by atoms with E-state index in [2.05, 4.69) is 15.3 Å². The van der Waals surface area contributed by atoms with Gasteiger partial charge in [-0.25, -0.2) is 9.98 Å². The van der Waals surface area contributed by atoms with Gasteiger partial charge in [0.1, 0.15) is 5.69 Å². The van der Waals surface area contributed by atoms with E-state index < -0.39 is 24.0 Å². The van der Waals surface area contributed by atoms with E-state index in [0.717, 1.165) is 0 Å². The Morgan fingerprint density at radius 2 is 2.14 bits per heavy atom. The molecule has 10 heteroatoms. The van der Waals surface area contributed by atoms with Crippen molar-refractivity contribution in [2.75, 3.05) is 17.7 Å². The van der Waals surface area contributed by atoms with Crippen molar-refractivity contribution in [3.8, 4) is 0 Å². The molecule has 1 amide bonds. The first kappa shape index (κ1) is 18.9. The number of hydrogen-bond acceptors (Lipinski definition) is 6. The summed E-state index contributed by atoms with van der Waals surface area (Å²) < 4.78 is 34.6. The quantitative estimate of drug-likeness (QED) is 0.768. The molecule has 0 radical (unpaired) electrons. The highest BCUT2D eigenvalue weighted by Gasteiger charge is 2.59. The number of nitrogens with two attached hydrogens (primary N) is 1. The Morgan fingerprint density at radius 1 is 1.32 bits per heavy atom. The van der Waals surface area contributed by atoms with Gasteiger partial charge >= 0.3 is 5.92 Å². The minimum atomic E-state index is -3.23. The molecular formula is C18H15ClF2N4O2S. The van der Waals surface area contributed by atoms with E-state index in [1.807, 2.05) is 0 Å². The molecule has 146 valence electrons. The Labute approximate surface area is 168 Å². The smallest absolute Gasteiger partial charge is 0.310 e. The summed E-state index contributed by atoms with van der Waals surface area (Å²) in [6, 6.07) is 7.63. The summed E-state index contributed by atoms with van der Waals surface area (Å²) in [6.07, 6.45) is 1.47. The van der Waals surface area contributed by atoms with Crippen LogP contribution in [0.2, 0.25) is 5.02 Å². The minimum Gasteiger partial charge on any atom is -0.459 e. The van der Waals surface area contributed by atoms with Crippen molar-refractivity contribution in [1.29, 1.82) is 0 Å². The van der Waals surface area contributed by atoms with E-state index in [1.165, 1.54) is 30.1 Å². The van der Waals surface area contributed by atoms with Crippen LogP contribution in [-0.4, -0.2) is 35.2 Å². The van der Waals surface area contributed by atoms with Crippen LogP contribution in [0.25, 0.3) is 0 Å². The zero-order valence-electron chi connectivity index (χ0n) is 14.4. The van der Waals surface area contributed by atoms with Crippen LogP contribution in [0, 0.1) is 0 Å². The van der Waals surface area contributed by atoms with Gasteiger partial charge in [0, 0.05) is 28.1 Å². The van der Waals surface area contributed by atoms with Crippen molar-refractivity contribution in [2.45, 2.75) is 22.8 Å². The Bertz CT molecular complexity index is 971. The average molecular weight is 425 g/mol. The number of rotatable bonds is 2. The fraction of sp³-hybridized carbons (Fsp3) is 0.278. The van der Waals surface area contributed by atoms with Crippen molar-refractivity contribution < 1.29 is 18.3 Å². The number of thioether (sulfide) groups is 1. The number of halogens is 3. The molecule has 1 spiro atoms. The van der Waals surface area contributed by atoms with E-state index in [4.69, 9.17) is 22.1 Å². The van der Waals surface area contributed by atoms with Crippen LogP contribution in [-0.2, 0) is 10.3 Å². The normalized spacial score (nSPS) is 22.8. The second kappa shape index (κ2) is 6.89. The maximum atomic E-state index is 14.9. The van der Waals surface area contributed by atoms with E-state index in [0.29, 0.717) is 26.9 Å². The average Bonchev–Trinajstić information content (AvgIpc) is 2.66. The number of aliphatic imine (C=N–C) groups is 1. The van der Waals surface area contributed by atoms with Crippen LogP contribution in [0.3, 0.4) is 0 Å². The van der Waals surface area contributed by atoms with Crippen LogP contribution in [0.5, 0.6) is 0 Å². The Balaban J connectivity index is 1.71. The van der Waals surface area contributed by atoms with E-state index in [-0.39, 0.29) is 18.1 Å². The number of alkyl halides is 2. The summed E-state index contributed by atoms with van der Waals surface area (Å²) >= 11 is 7.24. The van der Waals surface area contributed by atoms with Crippen molar-refractivity contribution in [3.05, 3.63) is 52.8 Å². The number of hydrogen-bond donors (Lipinski definition) is 2. The molecule has 0 fully saturated rings. The molecule has 0 bridgehead atoms.